The summed E-state index contributed by atoms with van der Waals surface area (Å²) in [6.45, 7) is 6.34. The summed E-state index contributed by atoms with van der Waals surface area (Å²) in [6.07, 6.45) is 2.35. The zero-order chi connectivity index (χ0) is 14.3. The van der Waals surface area contributed by atoms with E-state index in [1.54, 1.807) is 6.07 Å². The van der Waals surface area contributed by atoms with Gasteiger partial charge < -0.3 is 14.9 Å². The first kappa shape index (κ1) is 13.4. The Morgan fingerprint density at radius 3 is 2.50 bits per heavy atom. The number of aromatic nitrogens is 1. The SMILES string of the molecule is Cc1ccc(C(=O)O)nc1N1CCC2(CC1)CN(C)C2. The van der Waals surface area contributed by atoms with E-state index in [0.717, 1.165) is 24.5 Å². The number of likely N-dealkylation sites (tertiary alicyclic amines) is 1. The summed E-state index contributed by atoms with van der Waals surface area (Å²) in [5, 5.41) is 9.07. The summed E-state index contributed by atoms with van der Waals surface area (Å²) < 4.78 is 0. The minimum Gasteiger partial charge on any atom is -0.477 e. The monoisotopic (exact) mass is 275 g/mol. The van der Waals surface area contributed by atoms with Crippen LogP contribution >= 0.6 is 0 Å². The summed E-state index contributed by atoms with van der Waals surface area (Å²) in [5.41, 5.74) is 1.69. The van der Waals surface area contributed by atoms with E-state index < -0.39 is 5.97 Å². The number of rotatable bonds is 2. The third-order valence-corrected chi connectivity index (χ3v) is 4.62. The normalized spacial score (nSPS) is 21.8. The fraction of sp³-hybridized carbons (Fsp3) is 0.600. The van der Waals surface area contributed by atoms with Crippen molar-refractivity contribution in [3.8, 4) is 0 Å². The highest BCUT2D eigenvalue weighted by atomic mass is 16.4. The quantitative estimate of drug-likeness (QED) is 0.889. The van der Waals surface area contributed by atoms with E-state index in [-0.39, 0.29) is 5.69 Å². The molecule has 20 heavy (non-hydrogen) atoms. The van der Waals surface area contributed by atoms with Gasteiger partial charge in [0.05, 0.1) is 0 Å². The predicted molar refractivity (Wildman–Crippen MR) is 77.3 cm³/mol. The summed E-state index contributed by atoms with van der Waals surface area (Å²) in [7, 11) is 2.17. The molecule has 0 aliphatic carbocycles. The fourth-order valence-corrected chi connectivity index (χ4v) is 3.57. The van der Waals surface area contributed by atoms with Gasteiger partial charge in [-0.3, -0.25) is 0 Å². The van der Waals surface area contributed by atoms with Crippen LogP contribution in [0.2, 0.25) is 0 Å². The van der Waals surface area contributed by atoms with Crippen LogP contribution in [0.3, 0.4) is 0 Å². The van der Waals surface area contributed by atoms with Gasteiger partial charge in [-0.25, -0.2) is 9.78 Å². The molecule has 1 aromatic rings. The van der Waals surface area contributed by atoms with Crippen molar-refractivity contribution in [3.05, 3.63) is 23.4 Å². The Labute approximate surface area is 119 Å². The van der Waals surface area contributed by atoms with Crippen molar-refractivity contribution in [2.75, 3.05) is 38.1 Å². The Hall–Kier alpha value is -1.62. The molecule has 3 heterocycles. The molecule has 0 saturated carbocycles. The molecule has 0 atom stereocenters. The molecule has 1 aromatic heterocycles. The number of aryl methyl sites for hydroxylation is 1. The zero-order valence-corrected chi connectivity index (χ0v) is 12.1. The zero-order valence-electron chi connectivity index (χ0n) is 12.1. The van der Waals surface area contributed by atoms with E-state index in [2.05, 4.69) is 21.8 Å². The number of carboxylic acids is 1. The van der Waals surface area contributed by atoms with E-state index in [4.69, 9.17) is 5.11 Å². The summed E-state index contributed by atoms with van der Waals surface area (Å²) in [5.74, 6) is -0.118. The maximum atomic E-state index is 11.1. The molecular formula is C15H21N3O2. The largest absolute Gasteiger partial charge is 0.477 e. The number of hydrogen-bond acceptors (Lipinski definition) is 4. The van der Waals surface area contributed by atoms with Gasteiger partial charge in [0.15, 0.2) is 5.69 Å². The van der Waals surface area contributed by atoms with Crippen molar-refractivity contribution in [2.45, 2.75) is 19.8 Å². The molecule has 5 heteroatoms. The predicted octanol–water partition coefficient (Wildman–Crippen LogP) is 1.62. The van der Waals surface area contributed by atoms with Gasteiger partial charge in [-0.1, -0.05) is 6.07 Å². The van der Waals surface area contributed by atoms with E-state index in [0.29, 0.717) is 5.41 Å². The molecule has 0 amide bonds. The lowest BCUT2D eigenvalue weighted by molar-refractivity contribution is 0.00119. The van der Waals surface area contributed by atoms with E-state index in [1.165, 1.54) is 25.9 Å². The Morgan fingerprint density at radius 2 is 1.95 bits per heavy atom. The van der Waals surface area contributed by atoms with Gasteiger partial charge >= 0.3 is 5.97 Å². The minimum absolute atomic E-state index is 0.134. The van der Waals surface area contributed by atoms with Gasteiger partial charge in [0, 0.05) is 26.2 Å². The number of pyridine rings is 1. The average molecular weight is 275 g/mol. The molecule has 2 saturated heterocycles. The molecule has 2 fully saturated rings. The Morgan fingerprint density at radius 1 is 1.30 bits per heavy atom. The number of aromatic carboxylic acids is 1. The molecule has 1 N–H and O–H groups in total. The molecule has 0 aromatic carbocycles. The first-order valence-corrected chi connectivity index (χ1v) is 7.14. The molecule has 0 radical (unpaired) electrons. The highest BCUT2D eigenvalue weighted by Crippen LogP contribution is 2.40. The van der Waals surface area contributed by atoms with Gasteiger partial charge in [0.25, 0.3) is 0 Å². The highest BCUT2D eigenvalue weighted by Gasteiger charge is 2.43. The van der Waals surface area contributed by atoms with Gasteiger partial charge in [-0.2, -0.15) is 0 Å². The number of carboxylic acid groups (broad SMARTS) is 1. The van der Waals surface area contributed by atoms with Crippen molar-refractivity contribution in [1.82, 2.24) is 9.88 Å². The second kappa shape index (κ2) is 4.74. The van der Waals surface area contributed by atoms with Gasteiger partial charge in [-0.15, -0.1) is 0 Å². The number of hydrogen-bond donors (Lipinski definition) is 1. The molecule has 2 aliphatic heterocycles. The van der Waals surface area contributed by atoms with Crippen molar-refractivity contribution < 1.29 is 9.90 Å². The van der Waals surface area contributed by atoms with Crippen LogP contribution in [0.1, 0.15) is 28.9 Å². The first-order valence-electron chi connectivity index (χ1n) is 7.14. The lowest BCUT2D eigenvalue weighted by atomic mass is 9.72. The van der Waals surface area contributed by atoms with Crippen LogP contribution in [0.4, 0.5) is 5.82 Å². The molecule has 108 valence electrons. The minimum atomic E-state index is -0.958. The Balaban J connectivity index is 1.74. The second-order valence-electron chi connectivity index (χ2n) is 6.30. The van der Waals surface area contributed by atoms with Crippen LogP contribution < -0.4 is 4.90 Å². The average Bonchev–Trinajstić information content (AvgIpc) is 2.38. The molecular weight excluding hydrogens is 254 g/mol. The van der Waals surface area contributed by atoms with Crippen LogP contribution in [0.15, 0.2) is 12.1 Å². The maximum Gasteiger partial charge on any atom is 0.354 e. The molecule has 0 unspecified atom stereocenters. The molecule has 5 nitrogen and oxygen atoms in total. The van der Waals surface area contributed by atoms with Crippen molar-refractivity contribution in [1.29, 1.82) is 0 Å². The molecule has 1 spiro atoms. The topological polar surface area (TPSA) is 56.7 Å². The molecule has 2 aliphatic rings. The van der Waals surface area contributed by atoms with Gasteiger partial charge in [0.1, 0.15) is 5.82 Å². The van der Waals surface area contributed by atoms with Crippen molar-refractivity contribution >= 4 is 11.8 Å². The third kappa shape index (κ3) is 2.26. The summed E-state index contributed by atoms with van der Waals surface area (Å²) >= 11 is 0. The van der Waals surface area contributed by atoms with E-state index in [9.17, 15) is 4.79 Å². The van der Waals surface area contributed by atoms with Crippen molar-refractivity contribution in [3.63, 3.8) is 0 Å². The van der Waals surface area contributed by atoms with Gasteiger partial charge in [0.2, 0.25) is 0 Å². The molecule has 3 rings (SSSR count). The summed E-state index contributed by atoms with van der Waals surface area (Å²) in [6, 6.07) is 3.43. The second-order valence-corrected chi connectivity index (χ2v) is 6.30. The third-order valence-electron chi connectivity index (χ3n) is 4.62. The lowest BCUT2D eigenvalue weighted by Crippen LogP contribution is -2.58. The molecule has 0 bridgehead atoms. The van der Waals surface area contributed by atoms with Crippen LogP contribution in [0, 0.1) is 12.3 Å². The number of piperidine rings is 1. The lowest BCUT2D eigenvalue weighted by Gasteiger charge is -2.53. The highest BCUT2D eigenvalue weighted by molar-refractivity contribution is 5.86. The van der Waals surface area contributed by atoms with Crippen LogP contribution in [0.25, 0.3) is 0 Å². The van der Waals surface area contributed by atoms with Crippen molar-refractivity contribution in [2.24, 2.45) is 5.41 Å². The van der Waals surface area contributed by atoms with Crippen LogP contribution in [-0.2, 0) is 0 Å². The standard InChI is InChI=1S/C15H21N3O2/c1-11-3-4-12(14(19)20)16-13(11)18-7-5-15(6-8-18)9-17(2)10-15/h3-4H,5-10H2,1-2H3,(H,19,20). The Kier molecular flexibility index (Phi) is 3.17. The van der Waals surface area contributed by atoms with Crippen LogP contribution in [0.5, 0.6) is 0 Å². The number of anilines is 1. The smallest absolute Gasteiger partial charge is 0.354 e. The van der Waals surface area contributed by atoms with Gasteiger partial charge in [-0.05, 0) is 43.9 Å². The maximum absolute atomic E-state index is 11.1. The van der Waals surface area contributed by atoms with E-state index >= 15 is 0 Å². The van der Waals surface area contributed by atoms with Crippen LogP contribution in [-0.4, -0.2) is 54.2 Å². The Bertz CT molecular complexity index is 528. The summed E-state index contributed by atoms with van der Waals surface area (Å²) in [4.78, 5) is 20.0. The number of nitrogens with zero attached hydrogens (tertiary/aromatic N) is 3. The fourth-order valence-electron chi connectivity index (χ4n) is 3.57. The number of carbonyl (C=O) groups is 1. The first-order chi connectivity index (χ1) is 9.49. The van der Waals surface area contributed by atoms with E-state index in [1.807, 2.05) is 13.0 Å².